The predicted molar refractivity (Wildman–Crippen MR) is 65.6 cm³/mol. The summed E-state index contributed by atoms with van der Waals surface area (Å²) in [6.45, 7) is 7.89. The topological polar surface area (TPSA) is 57.6 Å². The van der Waals surface area contributed by atoms with Gasteiger partial charge in [-0.3, -0.25) is 9.59 Å². The fourth-order valence-corrected chi connectivity index (χ4v) is 2.16. The van der Waals surface area contributed by atoms with Crippen molar-refractivity contribution in [3.63, 3.8) is 0 Å². The summed E-state index contributed by atoms with van der Waals surface area (Å²) in [5, 5.41) is 8.65. The Hall–Kier alpha value is -1.06. The van der Waals surface area contributed by atoms with Gasteiger partial charge in [-0.15, -0.1) is 0 Å². The molecule has 98 valence electrons. The molecule has 1 N–H and O–H groups in total. The van der Waals surface area contributed by atoms with Gasteiger partial charge in [-0.1, -0.05) is 20.8 Å². The van der Waals surface area contributed by atoms with E-state index in [4.69, 9.17) is 5.11 Å². The lowest BCUT2D eigenvalue weighted by molar-refractivity contribution is -0.139. The number of carboxylic acid groups (broad SMARTS) is 1. The van der Waals surface area contributed by atoms with E-state index in [0.717, 1.165) is 25.9 Å². The van der Waals surface area contributed by atoms with Crippen LogP contribution in [0.2, 0.25) is 0 Å². The van der Waals surface area contributed by atoms with Gasteiger partial charge in [0.1, 0.15) is 0 Å². The van der Waals surface area contributed by atoms with E-state index in [2.05, 4.69) is 13.8 Å². The van der Waals surface area contributed by atoms with Crippen molar-refractivity contribution in [3.05, 3.63) is 0 Å². The van der Waals surface area contributed by atoms with Gasteiger partial charge >= 0.3 is 5.97 Å². The zero-order valence-corrected chi connectivity index (χ0v) is 11.0. The minimum Gasteiger partial charge on any atom is -0.481 e. The maximum Gasteiger partial charge on any atom is 0.303 e. The lowest BCUT2D eigenvalue weighted by Gasteiger charge is -2.37. The third-order valence-electron chi connectivity index (χ3n) is 3.52. The van der Waals surface area contributed by atoms with Crippen molar-refractivity contribution in [3.8, 4) is 0 Å². The van der Waals surface area contributed by atoms with Crippen LogP contribution in [0, 0.1) is 11.3 Å². The van der Waals surface area contributed by atoms with E-state index < -0.39 is 5.97 Å². The van der Waals surface area contributed by atoms with E-state index in [1.807, 2.05) is 11.8 Å². The zero-order valence-electron chi connectivity index (χ0n) is 11.0. The van der Waals surface area contributed by atoms with Crippen LogP contribution < -0.4 is 0 Å². The van der Waals surface area contributed by atoms with Crippen LogP contribution in [0.25, 0.3) is 0 Å². The first-order valence-corrected chi connectivity index (χ1v) is 6.30. The number of rotatable bonds is 4. The molecule has 17 heavy (non-hydrogen) atoms. The molecule has 0 aromatic rings. The Labute approximate surface area is 103 Å². The van der Waals surface area contributed by atoms with Crippen molar-refractivity contribution < 1.29 is 14.7 Å². The molecule has 4 heteroatoms. The molecule has 1 fully saturated rings. The first kappa shape index (κ1) is 14.0. The maximum absolute atomic E-state index is 11.9. The fraction of sp³-hybridized carbons (Fsp3) is 0.846. The van der Waals surface area contributed by atoms with Gasteiger partial charge < -0.3 is 10.0 Å². The van der Waals surface area contributed by atoms with Crippen LogP contribution in [-0.2, 0) is 9.59 Å². The molecule has 0 aliphatic carbocycles. The largest absolute Gasteiger partial charge is 0.481 e. The summed E-state index contributed by atoms with van der Waals surface area (Å²) in [5.41, 5.74) is 0.337. The molecule has 1 heterocycles. The van der Waals surface area contributed by atoms with Crippen LogP contribution in [0.1, 0.15) is 46.5 Å². The van der Waals surface area contributed by atoms with Crippen molar-refractivity contribution >= 4 is 11.9 Å². The Morgan fingerprint density at radius 1 is 1.24 bits per heavy atom. The molecule has 1 aliphatic heterocycles. The number of hydrogen-bond acceptors (Lipinski definition) is 2. The third-order valence-corrected chi connectivity index (χ3v) is 3.52. The lowest BCUT2D eigenvalue weighted by atomic mass is 9.82. The third kappa shape index (κ3) is 4.75. The van der Waals surface area contributed by atoms with Gasteiger partial charge in [-0.25, -0.2) is 0 Å². The second-order valence-electron chi connectivity index (χ2n) is 5.95. The highest BCUT2D eigenvalue weighted by atomic mass is 16.4. The summed E-state index contributed by atoms with van der Waals surface area (Å²) in [4.78, 5) is 24.3. The number of nitrogens with zero attached hydrogens (tertiary/aromatic N) is 1. The molecule has 0 aromatic heterocycles. The van der Waals surface area contributed by atoms with Crippen LogP contribution in [0.5, 0.6) is 0 Å². The summed E-state index contributed by atoms with van der Waals surface area (Å²) in [6, 6.07) is 0. The van der Waals surface area contributed by atoms with Crippen molar-refractivity contribution in [1.29, 1.82) is 0 Å². The first-order chi connectivity index (χ1) is 7.80. The summed E-state index contributed by atoms with van der Waals surface area (Å²) in [5.74, 6) is -0.797. The SMILES string of the molecule is CC(CC(=O)O)CC(=O)N1CCC(C)(C)CC1. The normalized spacial score (nSPS) is 21.0. The fourth-order valence-electron chi connectivity index (χ4n) is 2.16. The number of hydrogen-bond donors (Lipinski definition) is 1. The molecule has 1 aliphatic rings. The molecule has 1 saturated heterocycles. The van der Waals surface area contributed by atoms with Gasteiger partial charge in [0.05, 0.1) is 0 Å². The van der Waals surface area contributed by atoms with Gasteiger partial charge in [-0.2, -0.15) is 0 Å². The number of carbonyl (C=O) groups excluding carboxylic acids is 1. The number of likely N-dealkylation sites (tertiary alicyclic amines) is 1. The van der Waals surface area contributed by atoms with Crippen LogP contribution >= 0.6 is 0 Å². The summed E-state index contributed by atoms with van der Waals surface area (Å²) in [6.07, 6.45) is 2.50. The minimum atomic E-state index is -0.829. The molecule has 0 spiro atoms. The first-order valence-electron chi connectivity index (χ1n) is 6.30. The van der Waals surface area contributed by atoms with Crippen molar-refractivity contribution in [2.45, 2.75) is 46.5 Å². The Bertz CT molecular complexity index is 289. The molecule has 4 nitrogen and oxygen atoms in total. The Kier molecular flexibility index (Phi) is 4.54. The Morgan fingerprint density at radius 3 is 2.24 bits per heavy atom. The van der Waals surface area contributed by atoms with E-state index in [-0.39, 0.29) is 18.2 Å². The highest BCUT2D eigenvalue weighted by molar-refractivity contribution is 5.77. The molecule has 0 radical (unpaired) electrons. The quantitative estimate of drug-likeness (QED) is 0.820. The number of aliphatic carboxylic acids is 1. The molecule has 0 aromatic carbocycles. The van der Waals surface area contributed by atoms with Gasteiger partial charge in [0, 0.05) is 25.9 Å². The van der Waals surface area contributed by atoms with Gasteiger partial charge in [0.15, 0.2) is 0 Å². The summed E-state index contributed by atoms with van der Waals surface area (Å²) in [7, 11) is 0. The van der Waals surface area contributed by atoms with Crippen molar-refractivity contribution in [1.82, 2.24) is 4.90 Å². The number of carbonyl (C=O) groups is 2. The monoisotopic (exact) mass is 241 g/mol. The Balaban J connectivity index is 2.36. The second-order valence-corrected chi connectivity index (χ2v) is 5.95. The van der Waals surface area contributed by atoms with E-state index in [9.17, 15) is 9.59 Å². The minimum absolute atomic E-state index is 0.0741. The van der Waals surface area contributed by atoms with Crippen molar-refractivity contribution in [2.24, 2.45) is 11.3 Å². The molecule has 1 rings (SSSR count). The molecule has 0 saturated carbocycles. The Morgan fingerprint density at radius 2 is 1.76 bits per heavy atom. The van der Waals surface area contributed by atoms with Crippen molar-refractivity contribution in [2.75, 3.05) is 13.1 Å². The molecule has 1 unspecified atom stereocenters. The molecular formula is C13H23NO3. The highest BCUT2D eigenvalue weighted by Crippen LogP contribution is 2.30. The number of amides is 1. The maximum atomic E-state index is 11.9. The molecule has 0 bridgehead atoms. The predicted octanol–water partition coefficient (Wildman–Crippen LogP) is 2.14. The van der Waals surface area contributed by atoms with Gasteiger partial charge in [0.2, 0.25) is 5.91 Å². The summed E-state index contributed by atoms with van der Waals surface area (Å²) < 4.78 is 0. The summed E-state index contributed by atoms with van der Waals surface area (Å²) >= 11 is 0. The smallest absolute Gasteiger partial charge is 0.303 e. The average molecular weight is 241 g/mol. The lowest BCUT2D eigenvalue weighted by Crippen LogP contribution is -2.41. The van der Waals surface area contributed by atoms with Crippen LogP contribution in [-0.4, -0.2) is 35.0 Å². The van der Waals surface area contributed by atoms with Gasteiger partial charge in [-0.05, 0) is 24.2 Å². The van der Waals surface area contributed by atoms with Gasteiger partial charge in [0.25, 0.3) is 0 Å². The van der Waals surface area contributed by atoms with Crippen LogP contribution in [0.3, 0.4) is 0 Å². The van der Waals surface area contributed by atoms with E-state index in [1.165, 1.54) is 0 Å². The van der Waals surface area contributed by atoms with E-state index >= 15 is 0 Å². The number of carboxylic acids is 1. The molecule has 1 amide bonds. The van der Waals surface area contributed by atoms with E-state index in [1.54, 1.807) is 0 Å². The molecule has 1 atom stereocenters. The zero-order chi connectivity index (χ0) is 13.1. The molecular weight excluding hydrogens is 218 g/mol. The van der Waals surface area contributed by atoms with Crippen LogP contribution in [0.4, 0.5) is 0 Å². The second kappa shape index (κ2) is 5.52. The van der Waals surface area contributed by atoms with E-state index in [0.29, 0.717) is 11.8 Å². The number of piperidine rings is 1. The highest BCUT2D eigenvalue weighted by Gasteiger charge is 2.28. The standard InChI is InChI=1S/C13H23NO3/c1-10(9-12(16)17)8-11(15)14-6-4-13(2,3)5-7-14/h10H,4-9H2,1-3H3,(H,16,17). The average Bonchev–Trinajstić information content (AvgIpc) is 2.15. The van der Waals surface area contributed by atoms with Crippen LogP contribution in [0.15, 0.2) is 0 Å².